The minimum Gasteiger partial charge on any atom is -0.387 e. The summed E-state index contributed by atoms with van der Waals surface area (Å²) in [6.07, 6.45) is 1.80. The lowest BCUT2D eigenvalue weighted by molar-refractivity contribution is -0.0201. The number of aromatic nitrogens is 1. The highest BCUT2D eigenvalue weighted by atomic mass is 127. The summed E-state index contributed by atoms with van der Waals surface area (Å²) in [5, 5.41) is 17.2. The van der Waals surface area contributed by atoms with Crippen LogP contribution in [0.25, 0.3) is 0 Å². The van der Waals surface area contributed by atoms with E-state index in [2.05, 4.69) is 25.5 Å². The van der Waals surface area contributed by atoms with E-state index in [4.69, 9.17) is 4.74 Å². The van der Waals surface area contributed by atoms with Crippen molar-refractivity contribution in [1.82, 2.24) is 20.5 Å². The van der Waals surface area contributed by atoms with Crippen molar-refractivity contribution >= 4 is 35.8 Å². The molecule has 2 heterocycles. The zero-order valence-electron chi connectivity index (χ0n) is 17.4. The lowest BCUT2D eigenvalue weighted by Crippen LogP contribution is -2.52. The average molecular weight is 506 g/mol. The fourth-order valence-electron chi connectivity index (χ4n) is 2.89. The van der Waals surface area contributed by atoms with Crippen LogP contribution in [-0.4, -0.2) is 86.6 Å². The Morgan fingerprint density at radius 1 is 1.36 bits per heavy atom. The molecule has 0 spiro atoms. The number of halogens is 1. The molecule has 2 rings (SSSR count). The average Bonchev–Trinajstić information content (AvgIpc) is 2.64. The number of hydrogen-bond donors (Lipinski definition) is 3. The molecule has 1 saturated heterocycles. The third kappa shape index (κ3) is 8.89. The van der Waals surface area contributed by atoms with Gasteiger partial charge in [-0.2, -0.15) is 0 Å². The first-order valence-corrected chi connectivity index (χ1v) is 9.56. The van der Waals surface area contributed by atoms with Crippen LogP contribution in [-0.2, 0) is 11.3 Å². The van der Waals surface area contributed by atoms with E-state index < -0.39 is 5.60 Å². The van der Waals surface area contributed by atoms with Crippen molar-refractivity contribution in [3.8, 4) is 0 Å². The molecule has 1 aliphatic rings. The molecule has 1 aromatic rings. The molecule has 28 heavy (non-hydrogen) atoms. The smallest absolute Gasteiger partial charge is 0.191 e. The highest BCUT2D eigenvalue weighted by Crippen LogP contribution is 2.11. The van der Waals surface area contributed by atoms with Gasteiger partial charge in [0.05, 0.1) is 25.4 Å². The van der Waals surface area contributed by atoms with Crippen LogP contribution in [0.2, 0.25) is 0 Å². The highest BCUT2D eigenvalue weighted by Gasteiger charge is 2.25. The van der Waals surface area contributed by atoms with E-state index in [1.165, 1.54) is 0 Å². The van der Waals surface area contributed by atoms with Gasteiger partial charge in [0.1, 0.15) is 5.82 Å². The second-order valence-corrected chi connectivity index (χ2v) is 7.35. The second kappa shape index (κ2) is 12.4. The fraction of sp³-hybridized carbons (Fsp3) is 0.684. The number of pyridine rings is 1. The molecule has 1 unspecified atom stereocenters. The standard InChI is InChI=1S/C19H34N6O2.HI/c1-5-20-18(22-13-16-6-7-21-17(12-16)24(3)4)23-14-19(2,26)15-25-8-10-27-11-9-25;/h6-7,12,26H,5,8-11,13-15H2,1-4H3,(H2,20,22,23);1H. The topological polar surface area (TPSA) is 85.2 Å². The number of rotatable bonds is 8. The molecule has 0 amide bonds. The van der Waals surface area contributed by atoms with Crippen LogP contribution < -0.4 is 15.5 Å². The monoisotopic (exact) mass is 506 g/mol. The largest absolute Gasteiger partial charge is 0.387 e. The fourth-order valence-corrected chi connectivity index (χ4v) is 2.89. The Bertz CT molecular complexity index is 606. The van der Waals surface area contributed by atoms with E-state index in [1.54, 1.807) is 6.20 Å². The molecule has 3 N–H and O–H groups in total. The van der Waals surface area contributed by atoms with Crippen LogP contribution in [0.15, 0.2) is 23.3 Å². The van der Waals surface area contributed by atoms with Gasteiger partial charge in [0, 0.05) is 53.0 Å². The van der Waals surface area contributed by atoms with Gasteiger partial charge in [-0.15, -0.1) is 24.0 Å². The van der Waals surface area contributed by atoms with E-state index in [-0.39, 0.29) is 24.0 Å². The Labute approximate surface area is 185 Å². The van der Waals surface area contributed by atoms with Crippen molar-refractivity contribution in [3.05, 3.63) is 23.9 Å². The summed E-state index contributed by atoms with van der Waals surface area (Å²) in [5.41, 5.74) is 0.244. The minimum absolute atomic E-state index is 0. The van der Waals surface area contributed by atoms with Gasteiger partial charge in [0.2, 0.25) is 0 Å². The van der Waals surface area contributed by atoms with Crippen LogP contribution in [0.5, 0.6) is 0 Å². The zero-order chi connectivity index (χ0) is 19.7. The Hall–Kier alpha value is -1.17. The van der Waals surface area contributed by atoms with Gasteiger partial charge in [0.25, 0.3) is 0 Å². The van der Waals surface area contributed by atoms with Gasteiger partial charge in [0.15, 0.2) is 5.96 Å². The van der Waals surface area contributed by atoms with E-state index in [0.717, 1.165) is 44.2 Å². The predicted molar refractivity (Wildman–Crippen MR) is 125 cm³/mol. The summed E-state index contributed by atoms with van der Waals surface area (Å²) < 4.78 is 5.37. The minimum atomic E-state index is -0.845. The number of morpholine rings is 1. The molecule has 0 aliphatic carbocycles. The first kappa shape index (κ1) is 24.9. The lowest BCUT2D eigenvalue weighted by atomic mass is 10.1. The van der Waals surface area contributed by atoms with E-state index in [1.807, 2.05) is 45.0 Å². The van der Waals surface area contributed by atoms with Crippen molar-refractivity contribution in [2.24, 2.45) is 4.99 Å². The number of aliphatic imine (C=N–C) groups is 1. The molecule has 8 nitrogen and oxygen atoms in total. The van der Waals surface area contributed by atoms with Crippen molar-refractivity contribution < 1.29 is 9.84 Å². The van der Waals surface area contributed by atoms with Crippen LogP contribution in [0.3, 0.4) is 0 Å². The van der Waals surface area contributed by atoms with Crippen LogP contribution in [0, 0.1) is 0 Å². The number of nitrogens with one attached hydrogen (secondary N) is 2. The molecular weight excluding hydrogens is 471 g/mol. The number of guanidine groups is 1. The number of β-amino-alcohol motifs (C(OH)–C–C–N with tert-alkyl or cyclic N) is 1. The van der Waals surface area contributed by atoms with E-state index in [0.29, 0.717) is 25.6 Å². The molecule has 0 aromatic carbocycles. The van der Waals surface area contributed by atoms with Gasteiger partial charge in [-0.3, -0.25) is 4.90 Å². The summed E-state index contributed by atoms with van der Waals surface area (Å²) in [6, 6.07) is 4.00. The normalized spacial score (nSPS) is 17.4. The molecule has 1 fully saturated rings. The lowest BCUT2D eigenvalue weighted by Gasteiger charge is -2.34. The van der Waals surface area contributed by atoms with Gasteiger partial charge in [-0.05, 0) is 31.5 Å². The summed E-state index contributed by atoms with van der Waals surface area (Å²) in [6.45, 7) is 9.41. The van der Waals surface area contributed by atoms with Gasteiger partial charge in [-0.25, -0.2) is 9.98 Å². The maximum Gasteiger partial charge on any atom is 0.191 e. The summed E-state index contributed by atoms with van der Waals surface area (Å²) in [4.78, 5) is 13.2. The van der Waals surface area contributed by atoms with Crippen molar-refractivity contribution in [2.75, 3.05) is 64.9 Å². The third-order valence-corrected chi connectivity index (χ3v) is 4.34. The van der Waals surface area contributed by atoms with Crippen LogP contribution in [0.1, 0.15) is 19.4 Å². The molecule has 160 valence electrons. The Morgan fingerprint density at radius 2 is 2.07 bits per heavy atom. The van der Waals surface area contributed by atoms with Crippen LogP contribution in [0.4, 0.5) is 5.82 Å². The van der Waals surface area contributed by atoms with Gasteiger partial charge >= 0.3 is 0 Å². The van der Waals surface area contributed by atoms with Crippen molar-refractivity contribution in [1.29, 1.82) is 0 Å². The molecule has 9 heteroatoms. The predicted octanol–water partition coefficient (Wildman–Crippen LogP) is 0.904. The molecule has 0 saturated carbocycles. The quantitative estimate of drug-likeness (QED) is 0.275. The second-order valence-electron chi connectivity index (χ2n) is 7.35. The summed E-state index contributed by atoms with van der Waals surface area (Å²) in [5.74, 6) is 1.61. The molecular formula is C19H35IN6O2. The van der Waals surface area contributed by atoms with Gasteiger partial charge < -0.3 is 25.4 Å². The molecule has 1 aromatic heterocycles. The Balaban J connectivity index is 0.00000392. The first-order valence-electron chi connectivity index (χ1n) is 9.56. The Morgan fingerprint density at radius 3 is 2.71 bits per heavy atom. The number of ether oxygens (including phenoxy) is 1. The number of hydrogen-bond acceptors (Lipinski definition) is 6. The molecule has 1 aliphatic heterocycles. The van der Waals surface area contributed by atoms with E-state index >= 15 is 0 Å². The first-order chi connectivity index (χ1) is 12.9. The van der Waals surface area contributed by atoms with Crippen molar-refractivity contribution in [2.45, 2.75) is 26.0 Å². The summed E-state index contributed by atoms with van der Waals surface area (Å²) in [7, 11) is 3.94. The number of aliphatic hydroxyl groups is 1. The van der Waals surface area contributed by atoms with Gasteiger partial charge in [-0.1, -0.05) is 0 Å². The molecule has 0 bridgehead atoms. The highest BCUT2D eigenvalue weighted by molar-refractivity contribution is 14.0. The maximum absolute atomic E-state index is 10.7. The maximum atomic E-state index is 10.7. The third-order valence-electron chi connectivity index (χ3n) is 4.34. The number of anilines is 1. The summed E-state index contributed by atoms with van der Waals surface area (Å²) >= 11 is 0. The molecule has 1 atom stereocenters. The van der Waals surface area contributed by atoms with Crippen molar-refractivity contribution in [3.63, 3.8) is 0 Å². The van der Waals surface area contributed by atoms with E-state index in [9.17, 15) is 5.11 Å². The molecule has 0 radical (unpaired) electrons. The van der Waals surface area contributed by atoms with Crippen LogP contribution >= 0.6 is 24.0 Å². The SMILES string of the molecule is CCNC(=NCc1ccnc(N(C)C)c1)NCC(C)(O)CN1CCOCC1.I. The number of nitrogens with zero attached hydrogens (tertiary/aromatic N) is 4. The Kier molecular flexibility index (Phi) is 11.0. The zero-order valence-corrected chi connectivity index (χ0v) is 19.8.